The maximum absolute atomic E-state index is 5.45. The van der Waals surface area contributed by atoms with Crippen LogP contribution in [0.4, 0.5) is 5.69 Å². The van der Waals surface area contributed by atoms with E-state index in [2.05, 4.69) is 44.5 Å². The van der Waals surface area contributed by atoms with Crippen molar-refractivity contribution in [1.82, 2.24) is 10.3 Å². The molecule has 0 fully saturated rings. The van der Waals surface area contributed by atoms with Crippen LogP contribution < -0.4 is 15.0 Å². The van der Waals surface area contributed by atoms with Gasteiger partial charge in [-0.1, -0.05) is 18.2 Å². The minimum atomic E-state index is 0. The number of ether oxygens (including phenoxy) is 1. The van der Waals surface area contributed by atoms with Crippen molar-refractivity contribution in [2.75, 3.05) is 25.1 Å². The lowest BCUT2D eigenvalue weighted by molar-refractivity contribution is 0.326. The van der Waals surface area contributed by atoms with Gasteiger partial charge in [0, 0.05) is 38.1 Å². The second-order valence-corrected chi connectivity index (χ2v) is 5.37. The van der Waals surface area contributed by atoms with E-state index in [9.17, 15) is 0 Å². The summed E-state index contributed by atoms with van der Waals surface area (Å²) in [4.78, 5) is 10.9. The largest absolute Gasteiger partial charge is 0.478 e. The van der Waals surface area contributed by atoms with Crippen LogP contribution in [0.5, 0.6) is 5.88 Å². The molecule has 1 aliphatic rings. The minimum Gasteiger partial charge on any atom is -0.478 e. The maximum atomic E-state index is 5.45. The Kier molecular flexibility index (Phi) is 6.84. The molecule has 1 N–H and O–H groups in total. The summed E-state index contributed by atoms with van der Waals surface area (Å²) in [6, 6.07) is 12.4. The fourth-order valence-electron chi connectivity index (χ4n) is 2.82. The van der Waals surface area contributed by atoms with Gasteiger partial charge in [0.25, 0.3) is 0 Å². The van der Waals surface area contributed by atoms with Crippen LogP contribution in [0.2, 0.25) is 0 Å². The highest BCUT2D eigenvalue weighted by Crippen LogP contribution is 2.27. The van der Waals surface area contributed by atoms with Crippen LogP contribution in [0.1, 0.15) is 18.1 Å². The number of hydrogen-bond acceptors (Lipinski definition) is 3. The number of halogens is 1. The lowest BCUT2D eigenvalue weighted by atomic mass is 10.2. The van der Waals surface area contributed by atoms with Gasteiger partial charge in [-0.3, -0.25) is 4.99 Å². The summed E-state index contributed by atoms with van der Waals surface area (Å²) in [6.07, 6.45) is 2.83. The van der Waals surface area contributed by atoms with Crippen molar-refractivity contribution in [1.29, 1.82) is 0 Å². The fraction of sp³-hybridized carbons (Fsp3) is 0.333. The van der Waals surface area contributed by atoms with E-state index in [4.69, 9.17) is 4.74 Å². The first-order valence-corrected chi connectivity index (χ1v) is 7.95. The van der Waals surface area contributed by atoms with E-state index in [1.165, 1.54) is 11.3 Å². The third-order valence-electron chi connectivity index (χ3n) is 3.90. The fourth-order valence-corrected chi connectivity index (χ4v) is 2.82. The standard InChI is InChI=1S/C18H22N4O.HI/c1-3-23-17-12-14(8-10-20-17)13-21-18(19-2)22-11-9-15-6-4-5-7-16(15)22;/h4-8,10,12H,3,9,11,13H2,1-2H3,(H,19,21);1H. The summed E-state index contributed by atoms with van der Waals surface area (Å²) in [7, 11) is 1.82. The maximum Gasteiger partial charge on any atom is 0.213 e. The summed E-state index contributed by atoms with van der Waals surface area (Å²) in [5.41, 5.74) is 3.74. The van der Waals surface area contributed by atoms with Gasteiger partial charge in [0.15, 0.2) is 5.96 Å². The Morgan fingerprint density at radius 1 is 1.33 bits per heavy atom. The zero-order chi connectivity index (χ0) is 16.1. The van der Waals surface area contributed by atoms with E-state index in [-0.39, 0.29) is 24.0 Å². The molecule has 3 rings (SSSR count). The summed E-state index contributed by atoms with van der Waals surface area (Å²) >= 11 is 0. The van der Waals surface area contributed by atoms with Crippen LogP contribution >= 0.6 is 24.0 Å². The molecule has 128 valence electrons. The Bertz CT molecular complexity index is 705. The lowest BCUT2D eigenvalue weighted by Gasteiger charge is -2.22. The van der Waals surface area contributed by atoms with Gasteiger partial charge in [0.2, 0.25) is 5.88 Å². The molecular weight excluding hydrogens is 415 g/mol. The van der Waals surface area contributed by atoms with Crippen molar-refractivity contribution < 1.29 is 4.74 Å². The summed E-state index contributed by atoms with van der Waals surface area (Å²) < 4.78 is 5.45. The Hall–Kier alpha value is -1.83. The van der Waals surface area contributed by atoms with Gasteiger partial charge in [0.05, 0.1) is 6.61 Å². The highest BCUT2D eigenvalue weighted by Gasteiger charge is 2.22. The van der Waals surface area contributed by atoms with E-state index in [0.717, 1.165) is 24.5 Å². The lowest BCUT2D eigenvalue weighted by Crippen LogP contribution is -2.40. The molecule has 0 saturated carbocycles. The van der Waals surface area contributed by atoms with Crippen molar-refractivity contribution in [2.24, 2.45) is 4.99 Å². The average Bonchev–Trinajstić information content (AvgIpc) is 3.00. The second kappa shape index (κ2) is 8.86. The molecular formula is C18H23IN4O. The normalized spacial score (nSPS) is 13.2. The Labute approximate surface area is 160 Å². The first kappa shape index (κ1) is 18.5. The highest BCUT2D eigenvalue weighted by molar-refractivity contribution is 14.0. The number of benzene rings is 1. The van der Waals surface area contributed by atoms with Gasteiger partial charge in [0.1, 0.15) is 0 Å². The Morgan fingerprint density at radius 3 is 2.96 bits per heavy atom. The van der Waals surface area contributed by atoms with Crippen molar-refractivity contribution in [3.8, 4) is 5.88 Å². The highest BCUT2D eigenvalue weighted by atomic mass is 127. The molecule has 0 unspecified atom stereocenters. The van der Waals surface area contributed by atoms with E-state index < -0.39 is 0 Å². The Balaban J connectivity index is 0.00000208. The predicted molar refractivity (Wildman–Crippen MR) is 109 cm³/mol. The van der Waals surface area contributed by atoms with Crippen LogP contribution in [-0.4, -0.2) is 31.1 Å². The van der Waals surface area contributed by atoms with E-state index in [0.29, 0.717) is 19.0 Å². The number of aliphatic imine (C=N–C) groups is 1. The number of para-hydroxylation sites is 1. The number of nitrogens with zero attached hydrogens (tertiary/aromatic N) is 3. The minimum absolute atomic E-state index is 0. The Morgan fingerprint density at radius 2 is 2.17 bits per heavy atom. The van der Waals surface area contributed by atoms with E-state index in [1.807, 2.05) is 26.1 Å². The molecule has 0 atom stereocenters. The monoisotopic (exact) mass is 438 g/mol. The van der Waals surface area contributed by atoms with Gasteiger partial charge in [-0.25, -0.2) is 4.98 Å². The molecule has 2 aromatic rings. The van der Waals surface area contributed by atoms with Crippen LogP contribution in [-0.2, 0) is 13.0 Å². The molecule has 0 radical (unpaired) electrons. The molecule has 0 saturated heterocycles. The molecule has 24 heavy (non-hydrogen) atoms. The molecule has 1 aliphatic heterocycles. The third-order valence-corrected chi connectivity index (χ3v) is 3.90. The molecule has 0 bridgehead atoms. The second-order valence-electron chi connectivity index (χ2n) is 5.37. The van der Waals surface area contributed by atoms with Gasteiger partial charge in [-0.2, -0.15) is 0 Å². The topological polar surface area (TPSA) is 49.8 Å². The van der Waals surface area contributed by atoms with Crippen LogP contribution in [0.15, 0.2) is 47.6 Å². The van der Waals surface area contributed by atoms with Crippen molar-refractivity contribution >= 4 is 35.6 Å². The van der Waals surface area contributed by atoms with Crippen molar-refractivity contribution in [2.45, 2.75) is 19.9 Å². The number of aromatic nitrogens is 1. The molecule has 2 heterocycles. The molecule has 0 amide bonds. The van der Waals surface area contributed by atoms with Gasteiger partial charge in [-0.15, -0.1) is 24.0 Å². The third kappa shape index (κ3) is 4.17. The molecule has 6 heteroatoms. The van der Waals surface area contributed by atoms with E-state index in [1.54, 1.807) is 6.20 Å². The number of rotatable bonds is 4. The molecule has 5 nitrogen and oxygen atoms in total. The first-order valence-electron chi connectivity index (χ1n) is 7.95. The van der Waals surface area contributed by atoms with Crippen LogP contribution in [0.3, 0.4) is 0 Å². The molecule has 1 aromatic carbocycles. The number of nitrogens with one attached hydrogen (secondary N) is 1. The van der Waals surface area contributed by atoms with E-state index >= 15 is 0 Å². The zero-order valence-corrected chi connectivity index (χ0v) is 16.4. The molecule has 1 aromatic heterocycles. The van der Waals surface area contributed by atoms with Crippen LogP contribution in [0, 0.1) is 0 Å². The van der Waals surface area contributed by atoms with Gasteiger partial charge in [-0.05, 0) is 36.6 Å². The quantitative estimate of drug-likeness (QED) is 0.453. The smallest absolute Gasteiger partial charge is 0.213 e. The summed E-state index contributed by atoms with van der Waals surface area (Å²) in [6.45, 7) is 4.23. The zero-order valence-electron chi connectivity index (χ0n) is 14.0. The van der Waals surface area contributed by atoms with Gasteiger partial charge < -0.3 is 15.0 Å². The number of pyridine rings is 1. The van der Waals surface area contributed by atoms with Crippen LogP contribution in [0.25, 0.3) is 0 Å². The van der Waals surface area contributed by atoms with Crippen molar-refractivity contribution in [3.05, 3.63) is 53.7 Å². The predicted octanol–water partition coefficient (Wildman–Crippen LogP) is 3.24. The number of hydrogen-bond donors (Lipinski definition) is 1. The number of anilines is 1. The molecule has 0 spiro atoms. The summed E-state index contributed by atoms with van der Waals surface area (Å²) in [5, 5.41) is 3.43. The number of guanidine groups is 1. The SMILES string of the molecule is CCOc1cc(CNC(=NC)N2CCc3ccccc32)ccn1.I. The number of fused-ring (bicyclic) bond motifs is 1. The average molecular weight is 438 g/mol. The van der Waals surface area contributed by atoms with Crippen molar-refractivity contribution in [3.63, 3.8) is 0 Å². The summed E-state index contributed by atoms with van der Waals surface area (Å²) in [5.74, 6) is 1.55. The van der Waals surface area contributed by atoms with Gasteiger partial charge >= 0.3 is 0 Å². The molecule has 0 aliphatic carbocycles. The first-order chi connectivity index (χ1) is 11.3.